The van der Waals surface area contributed by atoms with E-state index in [9.17, 15) is 9.90 Å². The van der Waals surface area contributed by atoms with Crippen LogP contribution >= 0.6 is 0 Å². The predicted octanol–water partition coefficient (Wildman–Crippen LogP) is 2.37. The van der Waals surface area contributed by atoms with Crippen molar-refractivity contribution in [1.29, 1.82) is 0 Å². The molecule has 0 atom stereocenters. The smallest absolute Gasteiger partial charge is 0.251 e. The number of aliphatic hydroxyl groups is 1. The number of rotatable bonds is 6. The zero-order valence-electron chi connectivity index (χ0n) is 18.2. The van der Waals surface area contributed by atoms with E-state index in [2.05, 4.69) is 21.2 Å². The number of amides is 1. The predicted molar refractivity (Wildman–Crippen MR) is 116 cm³/mol. The molecule has 0 spiro atoms. The molecule has 2 N–H and O–H groups in total. The number of nitrogens with one attached hydrogen (secondary N) is 1. The molecule has 4 rings (SSSR count). The molecule has 7 nitrogen and oxygen atoms in total. The Bertz CT molecular complexity index is 732. The summed E-state index contributed by atoms with van der Waals surface area (Å²) in [4.78, 5) is 16.9. The Morgan fingerprint density at radius 3 is 2.57 bits per heavy atom. The standard InChI is InChI=1S/C23H35N3O4/c1-23(2,28)22(27)24-18-8-6-17(7-9-18)10-11-25-12-14-26(15-13-25)19-4-3-5-20-21(19)30-16-29-20/h3-5,17-18,28H,6-16H2,1-2H3,(H,24,27). The zero-order chi connectivity index (χ0) is 21.1. The van der Waals surface area contributed by atoms with Gasteiger partial charge in [-0.1, -0.05) is 6.07 Å². The molecule has 2 fully saturated rings. The molecular formula is C23H35N3O4. The molecule has 3 aliphatic rings. The topological polar surface area (TPSA) is 74.3 Å². The fourth-order valence-electron chi connectivity index (χ4n) is 4.70. The molecule has 1 saturated carbocycles. The molecule has 1 aromatic carbocycles. The Hall–Kier alpha value is -1.99. The number of anilines is 1. The first-order valence-electron chi connectivity index (χ1n) is 11.3. The van der Waals surface area contributed by atoms with Gasteiger partial charge in [0.05, 0.1) is 5.69 Å². The third-order valence-electron chi connectivity index (χ3n) is 6.68. The lowest BCUT2D eigenvalue weighted by Gasteiger charge is -2.37. The zero-order valence-corrected chi connectivity index (χ0v) is 18.2. The van der Waals surface area contributed by atoms with Crippen LogP contribution in [0.1, 0.15) is 46.0 Å². The van der Waals surface area contributed by atoms with Gasteiger partial charge in [0, 0.05) is 32.2 Å². The van der Waals surface area contributed by atoms with Crippen LogP contribution in [0.3, 0.4) is 0 Å². The van der Waals surface area contributed by atoms with Crippen molar-refractivity contribution in [3.8, 4) is 11.5 Å². The second-order valence-electron chi connectivity index (χ2n) is 9.38. The van der Waals surface area contributed by atoms with Gasteiger partial charge in [-0.2, -0.15) is 0 Å². The summed E-state index contributed by atoms with van der Waals surface area (Å²) in [7, 11) is 0. The fraction of sp³-hybridized carbons (Fsp3) is 0.696. The first-order chi connectivity index (χ1) is 14.4. The van der Waals surface area contributed by atoms with Gasteiger partial charge in [0.2, 0.25) is 6.79 Å². The first kappa shape index (κ1) is 21.2. The van der Waals surface area contributed by atoms with Gasteiger partial charge in [0.1, 0.15) is 5.60 Å². The summed E-state index contributed by atoms with van der Waals surface area (Å²) in [6.45, 7) is 8.70. The molecule has 7 heteroatoms. The van der Waals surface area contributed by atoms with Gasteiger partial charge < -0.3 is 24.8 Å². The Labute approximate surface area is 179 Å². The maximum Gasteiger partial charge on any atom is 0.251 e. The van der Waals surface area contributed by atoms with E-state index in [4.69, 9.17) is 9.47 Å². The van der Waals surface area contributed by atoms with Gasteiger partial charge in [-0.15, -0.1) is 0 Å². The van der Waals surface area contributed by atoms with Crippen molar-refractivity contribution in [1.82, 2.24) is 10.2 Å². The minimum Gasteiger partial charge on any atom is -0.454 e. The normalized spacial score (nSPS) is 24.7. The minimum atomic E-state index is -1.29. The molecule has 2 heterocycles. The average Bonchev–Trinajstić information content (AvgIpc) is 3.22. The SMILES string of the molecule is CC(C)(O)C(=O)NC1CCC(CCN2CCN(c3cccc4c3OCO4)CC2)CC1. The molecule has 1 saturated heterocycles. The lowest BCUT2D eigenvalue weighted by molar-refractivity contribution is -0.137. The highest BCUT2D eigenvalue weighted by Crippen LogP contribution is 2.41. The molecule has 30 heavy (non-hydrogen) atoms. The van der Waals surface area contributed by atoms with Crippen LogP contribution in [0.4, 0.5) is 5.69 Å². The van der Waals surface area contributed by atoms with E-state index >= 15 is 0 Å². The molecule has 0 radical (unpaired) electrons. The van der Waals surface area contributed by atoms with Crippen molar-refractivity contribution < 1.29 is 19.4 Å². The van der Waals surface area contributed by atoms with Gasteiger partial charge in [0.25, 0.3) is 5.91 Å². The van der Waals surface area contributed by atoms with E-state index in [-0.39, 0.29) is 11.9 Å². The monoisotopic (exact) mass is 417 g/mol. The maximum absolute atomic E-state index is 12.0. The number of carbonyl (C=O) groups is 1. The maximum atomic E-state index is 12.0. The van der Waals surface area contributed by atoms with Gasteiger partial charge in [-0.3, -0.25) is 9.69 Å². The van der Waals surface area contributed by atoms with Crippen molar-refractivity contribution in [3.05, 3.63) is 18.2 Å². The summed E-state index contributed by atoms with van der Waals surface area (Å²) in [6.07, 6.45) is 5.57. The lowest BCUT2D eigenvalue weighted by atomic mass is 9.83. The summed E-state index contributed by atoms with van der Waals surface area (Å²) in [5.74, 6) is 2.22. The number of piperazine rings is 1. The van der Waals surface area contributed by atoms with Crippen molar-refractivity contribution in [3.63, 3.8) is 0 Å². The summed E-state index contributed by atoms with van der Waals surface area (Å²) in [6, 6.07) is 6.34. The van der Waals surface area contributed by atoms with E-state index in [0.717, 1.165) is 81.5 Å². The van der Waals surface area contributed by atoms with Crippen LogP contribution in [0.2, 0.25) is 0 Å². The van der Waals surface area contributed by atoms with Crippen LogP contribution < -0.4 is 19.7 Å². The molecule has 1 aliphatic carbocycles. The van der Waals surface area contributed by atoms with Crippen LogP contribution in [0.15, 0.2) is 18.2 Å². The number of fused-ring (bicyclic) bond motifs is 1. The molecular weight excluding hydrogens is 382 g/mol. The van der Waals surface area contributed by atoms with E-state index in [1.54, 1.807) is 13.8 Å². The lowest BCUT2D eigenvalue weighted by Crippen LogP contribution is -2.48. The Kier molecular flexibility index (Phi) is 6.39. The van der Waals surface area contributed by atoms with Gasteiger partial charge in [-0.25, -0.2) is 0 Å². The molecule has 0 bridgehead atoms. The van der Waals surface area contributed by atoms with Crippen molar-refractivity contribution in [2.45, 2.75) is 57.6 Å². The second kappa shape index (κ2) is 9.02. The van der Waals surface area contributed by atoms with Crippen LogP contribution in [-0.2, 0) is 4.79 Å². The third-order valence-corrected chi connectivity index (χ3v) is 6.68. The molecule has 0 unspecified atom stereocenters. The minimum absolute atomic E-state index is 0.211. The number of para-hydroxylation sites is 1. The number of hydrogen-bond donors (Lipinski definition) is 2. The summed E-state index contributed by atoms with van der Waals surface area (Å²) in [5, 5.41) is 12.8. The summed E-state index contributed by atoms with van der Waals surface area (Å²) < 4.78 is 11.2. The highest BCUT2D eigenvalue weighted by Gasteiger charge is 2.29. The van der Waals surface area contributed by atoms with Crippen LogP contribution in [-0.4, -0.2) is 67.1 Å². The van der Waals surface area contributed by atoms with Crippen LogP contribution in [0, 0.1) is 5.92 Å². The molecule has 1 amide bonds. The highest BCUT2D eigenvalue weighted by molar-refractivity contribution is 5.84. The second-order valence-corrected chi connectivity index (χ2v) is 9.38. The molecule has 166 valence electrons. The van der Waals surface area contributed by atoms with Crippen molar-refractivity contribution >= 4 is 11.6 Å². The van der Waals surface area contributed by atoms with Crippen molar-refractivity contribution in [2.24, 2.45) is 5.92 Å². The average molecular weight is 418 g/mol. The van der Waals surface area contributed by atoms with Crippen LogP contribution in [0.5, 0.6) is 11.5 Å². The van der Waals surface area contributed by atoms with Gasteiger partial charge >= 0.3 is 0 Å². The Morgan fingerprint density at radius 2 is 1.87 bits per heavy atom. The molecule has 1 aromatic rings. The van der Waals surface area contributed by atoms with Gasteiger partial charge in [0.15, 0.2) is 11.5 Å². The first-order valence-corrected chi connectivity index (χ1v) is 11.3. The number of ether oxygens (including phenoxy) is 2. The number of hydrogen-bond acceptors (Lipinski definition) is 6. The fourth-order valence-corrected chi connectivity index (χ4v) is 4.70. The largest absolute Gasteiger partial charge is 0.454 e. The van der Waals surface area contributed by atoms with Crippen LogP contribution in [0.25, 0.3) is 0 Å². The summed E-state index contributed by atoms with van der Waals surface area (Å²) >= 11 is 0. The quantitative estimate of drug-likeness (QED) is 0.740. The number of carbonyl (C=O) groups excluding carboxylic acids is 1. The Balaban J connectivity index is 1.17. The van der Waals surface area contributed by atoms with Crippen molar-refractivity contribution in [2.75, 3.05) is 44.4 Å². The van der Waals surface area contributed by atoms with E-state index < -0.39 is 5.60 Å². The van der Waals surface area contributed by atoms with E-state index in [0.29, 0.717) is 6.79 Å². The number of nitrogens with zero attached hydrogens (tertiary/aromatic N) is 2. The third kappa shape index (κ3) is 5.01. The molecule has 0 aromatic heterocycles. The Morgan fingerprint density at radius 1 is 1.13 bits per heavy atom. The van der Waals surface area contributed by atoms with E-state index in [1.165, 1.54) is 6.42 Å². The van der Waals surface area contributed by atoms with Gasteiger partial charge in [-0.05, 0) is 70.5 Å². The summed E-state index contributed by atoms with van der Waals surface area (Å²) in [5.41, 5.74) is -0.145. The number of benzene rings is 1. The molecule has 2 aliphatic heterocycles. The highest BCUT2D eigenvalue weighted by atomic mass is 16.7. The van der Waals surface area contributed by atoms with E-state index in [1.807, 2.05) is 12.1 Å².